The molecule has 0 radical (unpaired) electrons. The first-order valence-corrected chi connectivity index (χ1v) is 5.86. The van der Waals surface area contributed by atoms with Crippen LogP contribution in [0.4, 0.5) is 13.2 Å². The third-order valence-corrected chi connectivity index (χ3v) is 2.96. The van der Waals surface area contributed by atoms with Crippen molar-refractivity contribution in [2.45, 2.75) is 23.8 Å². The molecule has 0 bridgehead atoms. The van der Waals surface area contributed by atoms with Gasteiger partial charge in [0.2, 0.25) is 5.91 Å². The lowest BCUT2D eigenvalue weighted by Crippen LogP contribution is -2.30. The molecule has 0 aromatic rings. The molecule has 0 saturated carbocycles. The molecule has 94 valence electrons. The first kappa shape index (κ1) is 13.8. The molecule has 0 aromatic heterocycles. The summed E-state index contributed by atoms with van der Waals surface area (Å²) in [7, 11) is 0. The Bertz CT molecular complexity index is 247. The van der Waals surface area contributed by atoms with Gasteiger partial charge in [-0.2, -0.15) is 13.2 Å². The lowest BCUT2D eigenvalue weighted by molar-refractivity contribution is -0.175. The highest BCUT2D eigenvalue weighted by Gasteiger charge is 2.28. The molecule has 0 spiro atoms. The monoisotopic (exact) mass is 303 g/mol. The minimum Gasteiger partial charge on any atom is -0.372 e. The van der Waals surface area contributed by atoms with Crippen molar-refractivity contribution in [2.24, 2.45) is 0 Å². The molecule has 1 amide bonds. The number of alkyl halides is 4. The van der Waals surface area contributed by atoms with Crippen molar-refractivity contribution in [1.29, 1.82) is 0 Å². The van der Waals surface area contributed by atoms with Gasteiger partial charge in [-0.25, -0.2) is 0 Å². The standard InChI is InChI=1S/C9H13BrF3NO2/c10-7-1-3-14(5-7)8(15)2-4-16-6-9(11,12)13/h7H,1-6H2. The Labute approximate surface area is 100 Å². The molecule has 0 aromatic carbocycles. The highest BCUT2D eigenvalue weighted by Crippen LogP contribution is 2.17. The van der Waals surface area contributed by atoms with Crippen LogP contribution in [0.25, 0.3) is 0 Å². The van der Waals surface area contributed by atoms with Gasteiger partial charge in [0.25, 0.3) is 0 Å². The smallest absolute Gasteiger partial charge is 0.372 e. The molecule has 1 rings (SSSR count). The minimum atomic E-state index is -4.32. The third-order valence-electron chi connectivity index (χ3n) is 2.21. The second-order valence-corrected chi connectivity index (χ2v) is 4.94. The number of nitrogens with zero attached hydrogens (tertiary/aromatic N) is 1. The summed E-state index contributed by atoms with van der Waals surface area (Å²) in [4.78, 5) is 13.4. The first-order chi connectivity index (χ1) is 7.38. The maximum Gasteiger partial charge on any atom is 0.411 e. The van der Waals surface area contributed by atoms with Crippen LogP contribution in [0.15, 0.2) is 0 Å². The Kier molecular flexibility index (Phi) is 5.04. The largest absolute Gasteiger partial charge is 0.411 e. The molecule has 1 fully saturated rings. The zero-order chi connectivity index (χ0) is 12.2. The number of carbonyl (C=O) groups is 1. The van der Waals surface area contributed by atoms with Crippen LogP contribution in [-0.4, -0.2) is 48.1 Å². The molecular weight excluding hydrogens is 291 g/mol. The predicted octanol–water partition coefficient (Wildman–Crippen LogP) is 1.95. The molecular formula is C9H13BrF3NO2. The van der Waals surface area contributed by atoms with Crippen LogP contribution in [0.2, 0.25) is 0 Å². The van der Waals surface area contributed by atoms with Crippen LogP contribution in [0, 0.1) is 0 Å². The molecule has 1 saturated heterocycles. The van der Waals surface area contributed by atoms with Gasteiger partial charge in [0.1, 0.15) is 6.61 Å². The maximum absolute atomic E-state index is 11.7. The second kappa shape index (κ2) is 5.86. The van der Waals surface area contributed by atoms with Gasteiger partial charge in [-0.15, -0.1) is 0 Å². The van der Waals surface area contributed by atoms with Crippen molar-refractivity contribution >= 4 is 21.8 Å². The Hall–Kier alpha value is -0.300. The van der Waals surface area contributed by atoms with Crippen molar-refractivity contribution in [1.82, 2.24) is 4.90 Å². The van der Waals surface area contributed by atoms with Gasteiger partial charge in [0.05, 0.1) is 13.0 Å². The normalized spacial score (nSPS) is 21.5. The molecule has 0 aliphatic carbocycles. The molecule has 3 nitrogen and oxygen atoms in total. The fourth-order valence-electron chi connectivity index (χ4n) is 1.45. The quantitative estimate of drug-likeness (QED) is 0.587. The summed E-state index contributed by atoms with van der Waals surface area (Å²) in [5, 5.41) is 0. The fraction of sp³-hybridized carbons (Fsp3) is 0.889. The van der Waals surface area contributed by atoms with E-state index in [4.69, 9.17) is 0 Å². The molecule has 1 unspecified atom stereocenters. The van der Waals surface area contributed by atoms with E-state index in [1.807, 2.05) is 0 Å². The van der Waals surface area contributed by atoms with Gasteiger partial charge in [-0.05, 0) is 6.42 Å². The van der Waals surface area contributed by atoms with Crippen molar-refractivity contribution in [3.8, 4) is 0 Å². The van der Waals surface area contributed by atoms with Crippen LogP contribution in [0.5, 0.6) is 0 Å². The van der Waals surface area contributed by atoms with Crippen molar-refractivity contribution in [3.05, 3.63) is 0 Å². The van der Waals surface area contributed by atoms with E-state index in [1.165, 1.54) is 0 Å². The number of likely N-dealkylation sites (tertiary alicyclic amines) is 1. The average Bonchev–Trinajstić information content (AvgIpc) is 2.57. The Morgan fingerprint density at radius 1 is 1.50 bits per heavy atom. The van der Waals surface area contributed by atoms with Crippen molar-refractivity contribution < 1.29 is 22.7 Å². The Morgan fingerprint density at radius 3 is 2.69 bits per heavy atom. The minimum absolute atomic E-state index is 0.00972. The molecule has 1 heterocycles. The summed E-state index contributed by atoms with van der Waals surface area (Å²) in [5.41, 5.74) is 0. The van der Waals surface area contributed by atoms with Gasteiger partial charge in [-0.3, -0.25) is 4.79 Å². The van der Waals surface area contributed by atoms with Crippen molar-refractivity contribution in [3.63, 3.8) is 0 Å². The Morgan fingerprint density at radius 2 is 2.19 bits per heavy atom. The third kappa shape index (κ3) is 5.16. The average molecular weight is 304 g/mol. The van der Waals surface area contributed by atoms with Crippen LogP contribution in [-0.2, 0) is 9.53 Å². The number of carbonyl (C=O) groups excluding carboxylic acids is 1. The SMILES string of the molecule is O=C(CCOCC(F)(F)F)N1CCC(Br)C1. The van der Waals surface area contributed by atoms with Crippen LogP contribution in [0.3, 0.4) is 0 Å². The molecule has 1 aliphatic heterocycles. The lowest BCUT2D eigenvalue weighted by Gasteiger charge is -2.15. The van der Waals surface area contributed by atoms with E-state index >= 15 is 0 Å². The number of hydrogen-bond donors (Lipinski definition) is 0. The van der Waals surface area contributed by atoms with E-state index in [9.17, 15) is 18.0 Å². The Balaban J connectivity index is 2.11. The zero-order valence-electron chi connectivity index (χ0n) is 8.60. The molecule has 7 heteroatoms. The van der Waals surface area contributed by atoms with E-state index in [0.717, 1.165) is 6.42 Å². The summed E-state index contributed by atoms with van der Waals surface area (Å²) < 4.78 is 39.5. The number of rotatable bonds is 4. The number of halogens is 4. The number of ether oxygens (including phenoxy) is 1. The van der Waals surface area contributed by atoms with Gasteiger partial charge in [0, 0.05) is 17.9 Å². The molecule has 1 atom stereocenters. The molecule has 1 aliphatic rings. The van der Waals surface area contributed by atoms with Crippen LogP contribution >= 0.6 is 15.9 Å². The maximum atomic E-state index is 11.7. The highest BCUT2D eigenvalue weighted by molar-refractivity contribution is 9.09. The lowest BCUT2D eigenvalue weighted by atomic mass is 10.4. The van der Waals surface area contributed by atoms with Crippen molar-refractivity contribution in [2.75, 3.05) is 26.3 Å². The number of amides is 1. The summed E-state index contributed by atoms with van der Waals surface area (Å²) in [6.07, 6.45) is -3.43. The fourth-order valence-corrected chi connectivity index (χ4v) is 2.00. The van der Waals surface area contributed by atoms with E-state index < -0.39 is 12.8 Å². The van der Waals surface area contributed by atoms with Gasteiger partial charge < -0.3 is 9.64 Å². The van der Waals surface area contributed by atoms with E-state index in [2.05, 4.69) is 20.7 Å². The predicted molar refractivity (Wildman–Crippen MR) is 55.4 cm³/mol. The van der Waals surface area contributed by atoms with Crippen LogP contribution < -0.4 is 0 Å². The van der Waals surface area contributed by atoms with E-state index in [-0.39, 0.29) is 18.9 Å². The molecule has 16 heavy (non-hydrogen) atoms. The van der Waals surface area contributed by atoms with Gasteiger partial charge in [-0.1, -0.05) is 15.9 Å². The van der Waals surface area contributed by atoms with E-state index in [0.29, 0.717) is 17.9 Å². The first-order valence-electron chi connectivity index (χ1n) is 4.95. The molecule has 0 N–H and O–H groups in total. The highest BCUT2D eigenvalue weighted by atomic mass is 79.9. The zero-order valence-corrected chi connectivity index (χ0v) is 10.2. The number of hydrogen-bond acceptors (Lipinski definition) is 2. The summed E-state index contributed by atoms with van der Waals surface area (Å²) >= 11 is 3.38. The van der Waals surface area contributed by atoms with Gasteiger partial charge >= 0.3 is 6.18 Å². The summed E-state index contributed by atoms with van der Waals surface area (Å²) in [6, 6.07) is 0. The van der Waals surface area contributed by atoms with E-state index in [1.54, 1.807) is 4.90 Å². The van der Waals surface area contributed by atoms with Crippen LogP contribution in [0.1, 0.15) is 12.8 Å². The summed E-state index contributed by atoms with van der Waals surface area (Å²) in [6.45, 7) is -0.185. The second-order valence-electron chi connectivity index (χ2n) is 3.64. The van der Waals surface area contributed by atoms with Gasteiger partial charge in [0.15, 0.2) is 0 Å². The topological polar surface area (TPSA) is 29.5 Å². The summed E-state index contributed by atoms with van der Waals surface area (Å²) in [5.74, 6) is -0.149.